The van der Waals surface area contributed by atoms with Crippen LogP contribution in [-0.2, 0) is 9.63 Å². The van der Waals surface area contributed by atoms with Crippen molar-refractivity contribution in [3.8, 4) is 0 Å². The topological polar surface area (TPSA) is 41.9 Å². The Hall–Kier alpha value is -0.720. The number of amides is 1. The number of halogens is 1. The number of hydrogen-bond acceptors (Lipinski definition) is 5. The van der Waals surface area contributed by atoms with Crippen molar-refractivity contribution >= 4 is 46.3 Å². The Morgan fingerprint density at radius 3 is 3.10 bits per heavy atom. The van der Waals surface area contributed by atoms with Crippen LogP contribution in [0.4, 0.5) is 0 Å². The molecule has 7 heteroatoms. The van der Waals surface area contributed by atoms with Crippen LogP contribution in [0, 0.1) is 0 Å². The van der Waals surface area contributed by atoms with Crippen LogP contribution in [0.1, 0.15) is 17.7 Å². The molecule has 2 aliphatic heterocycles. The molecule has 3 heterocycles. The van der Waals surface area contributed by atoms with Gasteiger partial charge in [-0.25, -0.2) is 0 Å². The molecule has 1 unspecified atom stereocenters. The Morgan fingerprint density at radius 1 is 1.40 bits per heavy atom. The fourth-order valence-corrected chi connectivity index (χ4v) is 4.21. The second-order valence-corrected chi connectivity index (χ2v) is 7.67. The van der Waals surface area contributed by atoms with Crippen molar-refractivity contribution in [2.24, 2.45) is 5.16 Å². The first-order valence-corrected chi connectivity index (χ1v) is 8.94. The molecule has 0 aliphatic carbocycles. The van der Waals surface area contributed by atoms with E-state index in [1.54, 1.807) is 0 Å². The zero-order valence-electron chi connectivity index (χ0n) is 10.9. The molecule has 0 spiro atoms. The third-order valence-corrected chi connectivity index (χ3v) is 5.66. The van der Waals surface area contributed by atoms with Crippen LogP contribution < -0.4 is 0 Å². The van der Waals surface area contributed by atoms with Crippen LogP contribution in [0.25, 0.3) is 0 Å². The van der Waals surface area contributed by atoms with Crippen LogP contribution in [0.2, 0.25) is 4.34 Å². The van der Waals surface area contributed by atoms with E-state index in [9.17, 15) is 4.79 Å². The fourth-order valence-electron chi connectivity index (χ4n) is 2.29. The number of thiophene rings is 1. The monoisotopic (exact) mass is 330 g/mol. The lowest BCUT2D eigenvalue weighted by molar-refractivity contribution is -0.141. The molecule has 1 aromatic rings. The molecule has 108 valence electrons. The molecule has 20 heavy (non-hydrogen) atoms. The van der Waals surface area contributed by atoms with Crippen molar-refractivity contribution in [2.45, 2.75) is 18.9 Å². The third kappa shape index (κ3) is 3.13. The molecule has 0 bridgehead atoms. The Kier molecular flexibility index (Phi) is 4.53. The summed E-state index contributed by atoms with van der Waals surface area (Å²) in [5.74, 6) is 2.20. The number of thioether (sulfide) groups is 1. The molecular formula is C13H15ClN2O2S2. The molecule has 1 amide bonds. The van der Waals surface area contributed by atoms with Crippen molar-refractivity contribution in [1.29, 1.82) is 0 Å². The fraction of sp³-hybridized carbons (Fsp3) is 0.538. The molecule has 0 N–H and O–H groups in total. The van der Waals surface area contributed by atoms with Gasteiger partial charge in [0.25, 0.3) is 5.91 Å². The summed E-state index contributed by atoms with van der Waals surface area (Å²) in [7, 11) is 0. The van der Waals surface area contributed by atoms with Crippen molar-refractivity contribution in [3.05, 3.63) is 21.3 Å². The summed E-state index contributed by atoms with van der Waals surface area (Å²) in [6.45, 7) is 1.63. The first kappa shape index (κ1) is 14.2. The quantitative estimate of drug-likeness (QED) is 0.837. The SMILES string of the molecule is O=C(C1CC(c2ccc(Cl)s2)=NO1)N1CCCSCC1. The van der Waals surface area contributed by atoms with Gasteiger partial charge in [0, 0.05) is 25.3 Å². The summed E-state index contributed by atoms with van der Waals surface area (Å²) < 4.78 is 0.724. The molecule has 0 radical (unpaired) electrons. The number of carbonyl (C=O) groups excluding carboxylic acids is 1. The van der Waals surface area contributed by atoms with Crippen molar-refractivity contribution < 1.29 is 9.63 Å². The highest BCUT2D eigenvalue weighted by atomic mass is 35.5. The zero-order valence-corrected chi connectivity index (χ0v) is 13.3. The summed E-state index contributed by atoms with van der Waals surface area (Å²) in [6.07, 6.45) is 1.13. The Balaban J connectivity index is 1.61. The van der Waals surface area contributed by atoms with Crippen LogP contribution >= 0.6 is 34.7 Å². The predicted octanol–water partition coefficient (Wildman–Crippen LogP) is 2.86. The summed E-state index contributed by atoms with van der Waals surface area (Å²) in [5.41, 5.74) is 0.824. The molecule has 4 nitrogen and oxygen atoms in total. The number of carbonyl (C=O) groups is 1. The summed E-state index contributed by atoms with van der Waals surface area (Å²) in [5, 5.41) is 4.06. The van der Waals surface area contributed by atoms with Crippen molar-refractivity contribution in [1.82, 2.24) is 4.90 Å². The van der Waals surface area contributed by atoms with Crippen LogP contribution in [0.15, 0.2) is 17.3 Å². The van der Waals surface area contributed by atoms with E-state index in [1.165, 1.54) is 11.3 Å². The Morgan fingerprint density at radius 2 is 2.30 bits per heavy atom. The first-order valence-electron chi connectivity index (χ1n) is 6.59. The average Bonchev–Trinajstić information content (AvgIpc) is 3.00. The first-order chi connectivity index (χ1) is 9.74. The lowest BCUT2D eigenvalue weighted by Crippen LogP contribution is -2.40. The van der Waals surface area contributed by atoms with E-state index in [1.807, 2.05) is 28.8 Å². The van der Waals surface area contributed by atoms with E-state index >= 15 is 0 Å². The molecule has 0 aromatic carbocycles. The maximum absolute atomic E-state index is 12.4. The van der Waals surface area contributed by atoms with E-state index in [-0.39, 0.29) is 5.91 Å². The van der Waals surface area contributed by atoms with E-state index in [4.69, 9.17) is 16.4 Å². The minimum Gasteiger partial charge on any atom is -0.382 e. The van der Waals surface area contributed by atoms with Gasteiger partial charge in [0.15, 0.2) is 0 Å². The molecule has 1 fully saturated rings. The lowest BCUT2D eigenvalue weighted by atomic mass is 10.1. The minimum absolute atomic E-state index is 0.0638. The molecule has 3 rings (SSSR count). The van der Waals surface area contributed by atoms with Gasteiger partial charge >= 0.3 is 0 Å². The summed E-state index contributed by atoms with van der Waals surface area (Å²) in [4.78, 5) is 20.7. The summed E-state index contributed by atoms with van der Waals surface area (Å²) in [6, 6.07) is 3.76. The van der Waals surface area contributed by atoms with Gasteiger partial charge < -0.3 is 9.74 Å². The molecule has 2 aliphatic rings. The molecule has 1 saturated heterocycles. The van der Waals surface area contributed by atoms with Gasteiger partial charge in [-0.05, 0) is 24.3 Å². The average molecular weight is 331 g/mol. The van der Waals surface area contributed by atoms with E-state index in [0.29, 0.717) is 6.42 Å². The van der Waals surface area contributed by atoms with Gasteiger partial charge in [-0.15, -0.1) is 11.3 Å². The van der Waals surface area contributed by atoms with E-state index < -0.39 is 6.10 Å². The molecular weight excluding hydrogens is 316 g/mol. The Bertz CT molecular complexity index is 524. The largest absolute Gasteiger partial charge is 0.382 e. The highest BCUT2D eigenvalue weighted by Crippen LogP contribution is 2.27. The maximum Gasteiger partial charge on any atom is 0.266 e. The van der Waals surface area contributed by atoms with Gasteiger partial charge in [-0.2, -0.15) is 11.8 Å². The zero-order chi connectivity index (χ0) is 13.9. The number of oxime groups is 1. The van der Waals surface area contributed by atoms with Gasteiger partial charge in [0.2, 0.25) is 6.10 Å². The highest BCUT2D eigenvalue weighted by Gasteiger charge is 2.33. The van der Waals surface area contributed by atoms with Gasteiger partial charge in [-0.3, -0.25) is 4.79 Å². The lowest BCUT2D eigenvalue weighted by Gasteiger charge is -2.22. The maximum atomic E-state index is 12.4. The third-order valence-electron chi connectivity index (χ3n) is 3.34. The van der Waals surface area contributed by atoms with Crippen molar-refractivity contribution in [2.75, 3.05) is 24.6 Å². The highest BCUT2D eigenvalue weighted by molar-refractivity contribution is 7.99. The second kappa shape index (κ2) is 6.37. The number of nitrogens with zero attached hydrogens (tertiary/aromatic N) is 2. The van der Waals surface area contributed by atoms with Gasteiger partial charge in [0.05, 0.1) is 9.21 Å². The molecule has 1 atom stereocenters. The van der Waals surface area contributed by atoms with E-state index in [2.05, 4.69) is 5.16 Å². The molecule has 1 aromatic heterocycles. The Labute approximate surface area is 131 Å². The van der Waals surface area contributed by atoms with Crippen molar-refractivity contribution in [3.63, 3.8) is 0 Å². The number of rotatable bonds is 2. The van der Waals surface area contributed by atoms with Crippen LogP contribution in [-0.4, -0.2) is 47.2 Å². The van der Waals surface area contributed by atoms with Gasteiger partial charge in [-0.1, -0.05) is 16.8 Å². The predicted molar refractivity (Wildman–Crippen MR) is 83.9 cm³/mol. The summed E-state index contributed by atoms with van der Waals surface area (Å²) >= 11 is 9.29. The smallest absolute Gasteiger partial charge is 0.266 e. The molecule has 0 saturated carbocycles. The van der Waals surface area contributed by atoms with Gasteiger partial charge in [0.1, 0.15) is 5.71 Å². The minimum atomic E-state index is -0.464. The van der Waals surface area contributed by atoms with Crippen LogP contribution in [0.5, 0.6) is 0 Å². The normalized spacial score (nSPS) is 23.1. The second-order valence-electron chi connectivity index (χ2n) is 4.73. The standard InChI is InChI=1S/C13H15ClN2O2S2/c14-12-3-2-11(20-12)9-8-10(18-15-9)13(17)16-4-1-6-19-7-5-16/h2-3,10H,1,4-8H2. The number of hydrogen-bond donors (Lipinski definition) is 0. The van der Waals surface area contributed by atoms with E-state index in [0.717, 1.165) is 45.9 Å². The van der Waals surface area contributed by atoms with Crippen LogP contribution in [0.3, 0.4) is 0 Å².